The fraction of sp³-hybridized carbons (Fsp3) is 0.250. The molecule has 1 aliphatic heterocycles. The average molecular weight is 379 g/mol. The summed E-state index contributed by atoms with van der Waals surface area (Å²) in [4.78, 5) is 13.1. The monoisotopic (exact) mass is 379 g/mol. The minimum atomic E-state index is -0.370. The highest BCUT2D eigenvalue weighted by molar-refractivity contribution is 8.00. The summed E-state index contributed by atoms with van der Waals surface area (Å²) in [7, 11) is 0. The van der Waals surface area contributed by atoms with Crippen LogP contribution in [0, 0.1) is 20.8 Å². The van der Waals surface area contributed by atoms with Crippen molar-refractivity contribution < 1.29 is 4.79 Å². The number of hydrogen-bond donors (Lipinski definition) is 2. The molecule has 4 rings (SSSR count). The molecule has 2 heterocycles. The number of carbonyl (C=O) groups excluding carboxylic acids is 1. The Labute approximate surface area is 162 Å². The first-order valence-corrected chi connectivity index (χ1v) is 9.68. The first-order valence-electron chi connectivity index (χ1n) is 8.80. The largest absolute Gasteiger partial charge is 0.325 e. The number of aromatic nitrogens is 3. The minimum absolute atomic E-state index is 0.0613. The lowest BCUT2D eigenvalue weighted by atomic mass is 10.0. The molecule has 0 radical (unpaired) electrons. The molecule has 3 aromatic rings. The first kappa shape index (κ1) is 17.6. The second kappa shape index (κ2) is 7.08. The fourth-order valence-electron chi connectivity index (χ4n) is 3.03. The van der Waals surface area contributed by atoms with Crippen LogP contribution in [0.3, 0.4) is 0 Å². The van der Waals surface area contributed by atoms with Gasteiger partial charge in [0, 0.05) is 5.69 Å². The van der Waals surface area contributed by atoms with Crippen LogP contribution in [0.25, 0.3) is 0 Å². The number of aryl methyl sites for hydroxylation is 3. The molecule has 0 aliphatic carbocycles. The van der Waals surface area contributed by atoms with Crippen molar-refractivity contribution in [3.63, 3.8) is 0 Å². The Kier molecular flexibility index (Phi) is 4.61. The highest BCUT2D eigenvalue weighted by atomic mass is 32.2. The van der Waals surface area contributed by atoms with Crippen molar-refractivity contribution in [2.24, 2.45) is 0 Å². The Morgan fingerprint density at radius 1 is 1.00 bits per heavy atom. The molecule has 0 saturated carbocycles. The summed E-state index contributed by atoms with van der Waals surface area (Å²) in [6.07, 6.45) is 0. The molecule has 0 fully saturated rings. The number of rotatable bonds is 3. The fourth-order valence-corrected chi connectivity index (χ4v) is 4.16. The van der Waals surface area contributed by atoms with Crippen LogP contribution in [-0.4, -0.2) is 26.0 Å². The number of nitrogens with zero attached hydrogens (tertiary/aromatic N) is 3. The van der Waals surface area contributed by atoms with E-state index in [1.165, 1.54) is 17.3 Å². The van der Waals surface area contributed by atoms with Crippen molar-refractivity contribution in [1.29, 1.82) is 0 Å². The smallest absolute Gasteiger partial charge is 0.240 e. The van der Waals surface area contributed by atoms with Crippen LogP contribution in [0.2, 0.25) is 0 Å². The zero-order chi connectivity index (χ0) is 19.0. The highest BCUT2D eigenvalue weighted by Gasteiger charge is 2.37. The Bertz CT molecular complexity index is 965. The van der Waals surface area contributed by atoms with Gasteiger partial charge in [-0.2, -0.15) is 0 Å². The molecule has 138 valence electrons. The van der Waals surface area contributed by atoms with E-state index >= 15 is 0 Å². The van der Waals surface area contributed by atoms with Gasteiger partial charge in [-0.25, -0.2) is 4.68 Å². The van der Waals surface area contributed by atoms with Crippen LogP contribution in [0.5, 0.6) is 0 Å². The lowest BCUT2D eigenvalue weighted by Crippen LogP contribution is -2.41. The third-order valence-electron chi connectivity index (χ3n) is 4.61. The maximum absolute atomic E-state index is 13.1. The maximum atomic E-state index is 13.1. The zero-order valence-electron chi connectivity index (χ0n) is 15.4. The van der Waals surface area contributed by atoms with Gasteiger partial charge >= 0.3 is 0 Å². The lowest BCUT2D eigenvalue weighted by molar-refractivity contribution is -0.116. The molecule has 2 aromatic carbocycles. The van der Waals surface area contributed by atoms with Crippen molar-refractivity contribution in [1.82, 2.24) is 14.9 Å². The number of hydrogen-bond acceptors (Lipinski definition) is 5. The SMILES string of the molecule is Cc1ccc(NC(=O)[C@@H]2Sc3nnc(C)n3N[C@H]2c2ccc(C)cc2)cc1. The maximum Gasteiger partial charge on any atom is 0.240 e. The topological polar surface area (TPSA) is 71.8 Å². The van der Waals surface area contributed by atoms with E-state index in [9.17, 15) is 4.79 Å². The predicted molar refractivity (Wildman–Crippen MR) is 107 cm³/mol. The summed E-state index contributed by atoms with van der Waals surface area (Å²) in [5.74, 6) is 0.709. The molecule has 2 N–H and O–H groups in total. The van der Waals surface area contributed by atoms with Gasteiger partial charge in [0.05, 0.1) is 6.04 Å². The van der Waals surface area contributed by atoms with E-state index in [4.69, 9.17) is 0 Å². The molecule has 1 amide bonds. The second-order valence-corrected chi connectivity index (χ2v) is 7.89. The van der Waals surface area contributed by atoms with Gasteiger partial charge in [0.15, 0.2) is 0 Å². The summed E-state index contributed by atoms with van der Waals surface area (Å²) >= 11 is 1.43. The van der Waals surface area contributed by atoms with E-state index in [0.29, 0.717) is 5.16 Å². The minimum Gasteiger partial charge on any atom is -0.325 e. The summed E-state index contributed by atoms with van der Waals surface area (Å²) in [6.45, 7) is 5.97. The molecule has 0 saturated heterocycles. The van der Waals surface area contributed by atoms with Gasteiger partial charge in [0.2, 0.25) is 11.1 Å². The molecular formula is C20H21N5OS. The van der Waals surface area contributed by atoms with Crippen LogP contribution < -0.4 is 10.7 Å². The molecule has 2 atom stereocenters. The summed E-state index contributed by atoms with van der Waals surface area (Å²) in [5, 5.41) is 11.7. The Morgan fingerprint density at radius 3 is 2.30 bits per heavy atom. The van der Waals surface area contributed by atoms with Gasteiger partial charge in [-0.05, 0) is 38.5 Å². The molecule has 0 unspecified atom stereocenters. The van der Waals surface area contributed by atoms with Crippen molar-refractivity contribution >= 4 is 23.4 Å². The van der Waals surface area contributed by atoms with Crippen molar-refractivity contribution in [2.75, 3.05) is 10.7 Å². The summed E-state index contributed by atoms with van der Waals surface area (Å²) < 4.78 is 1.85. The van der Waals surface area contributed by atoms with E-state index in [1.54, 1.807) is 0 Å². The average Bonchev–Trinajstić information content (AvgIpc) is 3.03. The lowest BCUT2D eigenvalue weighted by Gasteiger charge is -2.32. The number of nitrogens with one attached hydrogen (secondary N) is 2. The predicted octanol–water partition coefficient (Wildman–Crippen LogP) is 3.60. The van der Waals surface area contributed by atoms with E-state index in [2.05, 4.69) is 52.1 Å². The van der Waals surface area contributed by atoms with Gasteiger partial charge in [0.1, 0.15) is 11.1 Å². The van der Waals surface area contributed by atoms with E-state index in [1.807, 2.05) is 42.8 Å². The van der Waals surface area contributed by atoms with Crippen LogP contribution >= 0.6 is 11.8 Å². The van der Waals surface area contributed by atoms with Crippen molar-refractivity contribution in [2.45, 2.75) is 37.2 Å². The Balaban J connectivity index is 1.65. The Morgan fingerprint density at radius 2 is 1.63 bits per heavy atom. The third kappa shape index (κ3) is 3.55. The van der Waals surface area contributed by atoms with Gasteiger partial charge in [-0.3, -0.25) is 4.79 Å². The second-order valence-electron chi connectivity index (χ2n) is 6.78. The van der Waals surface area contributed by atoms with Gasteiger partial charge in [-0.1, -0.05) is 59.3 Å². The molecule has 1 aromatic heterocycles. The third-order valence-corrected chi connectivity index (χ3v) is 5.83. The van der Waals surface area contributed by atoms with Crippen molar-refractivity contribution in [3.8, 4) is 0 Å². The summed E-state index contributed by atoms with van der Waals surface area (Å²) in [5.41, 5.74) is 7.60. The van der Waals surface area contributed by atoms with Gasteiger partial charge in [0.25, 0.3) is 0 Å². The molecule has 7 heteroatoms. The number of fused-ring (bicyclic) bond motifs is 1. The normalized spacial score (nSPS) is 18.5. The molecule has 1 aliphatic rings. The number of thioether (sulfide) groups is 1. The summed E-state index contributed by atoms with van der Waals surface area (Å²) in [6, 6.07) is 15.9. The number of benzene rings is 2. The standard InChI is InChI=1S/C20H21N5OS/c1-12-4-8-15(9-5-12)17-18(27-20-23-22-14(3)25(20)24-17)19(26)21-16-10-6-13(2)7-11-16/h4-11,17-18,24H,1-3H3,(H,21,26)/t17-,18+/m0/s1. The van der Waals surface area contributed by atoms with Crippen molar-refractivity contribution in [3.05, 3.63) is 71.0 Å². The van der Waals surface area contributed by atoms with Gasteiger partial charge in [-0.15, -0.1) is 10.2 Å². The molecule has 0 bridgehead atoms. The molecule has 27 heavy (non-hydrogen) atoms. The van der Waals surface area contributed by atoms with Crippen LogP contribution in [0.4, 0.5) is 5.69 Å². The molecule has 0 spiro atoms. The van der Waals surface area contributed by atoms with E-state index < -0.39 is 0 Å². The quantitative estimate of drug-likeness (QED) is 0.727. The zero-order valence-corrected chi connectivity index (χ0v) is 16.2. The van der Waals surface area contributed by atoms with E-state index in [0.717, 1.165) is 22.6 Å². The molecule has 6 nitrogen and oxygen atoms in total. The van der Waals surface area contributed by atoms with Crippen LogP contribution in [-0.2, 0) is 4.79 Å². The van der Waals surface area contributed by atoms with E-state index in [-0.39, 0.29) is 17.2 Å². The van der Waals surface area contributed by atoms with Crippen LogP contribution in [0.1, 0.15) is 28.6 Å². The molecular weight excluding hydrogens is 358 g/mol. The first-order chi connectivity index (χ1) is 13.0. The Hall–Kier alpha value is -2.80. The number of anilines is 1. The number of amides is 1. The van der Waals surface area contributed by atoms with Gasteiger partial charge < -0.3 is 10.7 Å². The number of carbonyl (C=O) groups is 1. The highest BCUT2D eigenvalue weighted by Crippen LogP contribution is 2.37. The van der Waals surface area contributed by atoms with Crippen LogP contribution in [0.15, 0.2) is 53.7 Å².